The lowest BCUT2D eigenvalue weighted by Gasteiger charge is -2.17. The maximum Gasteiger partial charge on any atom is 0.419 e. The first-order valence-electron chi connectivity index (χ1n) is 9.58. The minimum absolute atomic E-state index is 0.0736. The Kier molecular flexibility index (Phi) is 4.03. The van der Waals surface area contributed by atoms with E-state index >= 15 is 0 Å². The van der Waals surface area contributed by atoms with Gasteiger partial charge in [-0.3, -0.25) is 0 Å². The van der Waals surface area contributed by atoms with Crippen molar-refractivity contribution in [1.29, 1.82) is 0 Å². The van der Waals surface area contributed by atoms with E-state index in [1.54, 1.807) is 24.3 Å². The molecule has 0 unspecified atom stereocenters. The largest absolute Gasteiger partial charge is 0.419 e. The molecule has 0 aliphatic carbocycles. The summed E-state index contributed by atoms with van der Waals surface area (Å²) < 4.78 is 43.1. The van der Waals surface area contributed by atoms with Crippen LogP contribution in [-0.4, -0.2) is 9.97 Å². The van der Waals surface area contributed by atoms with Gasteiger partial charge in [0.2, 0.25) is 0 Å². The Morgan fingerprint density at radius 2 is 1.43 bits per heavy atom. The molecular formula is C25H17F3N2. The molecule has 0 saturated heterocycles. The molecule has 0 bridgehead atoms. The topological polar surface area (TPSA) is 25.8 Å². The standard InChI is InChI=1S/C25H17F3N2/c1-14-9-15(2)11-18(10-14)23-20-12-17-8-7-16-5-3-4-6-19(16)21(17)22(25(26,27)28)24(20)30-13-29-23/h3-13H,1-2H3. The van der Waals surface area contributed by atoms with Crippen molar-refractivity contribution in [3.63, 3.8) is 0 Å². The summed E-state index contributed by atoms with van der Waals surface area (Å²) in [6.07, 6.45) is -3.34. The molecule has 0 radical (unpaired) electrons. The second kappa shape index (κ2) is 6.52. The molecule has 4 aromatic carbocycles. The third-order valence-corrected chi connectivity index (χ3v) is 5.41. The Labute approximate surface area is 171 Å². The zero-order valence-electron chi connectivity index (χ0n) is 16.4. The van der Waals surface area contributed by atoms with Gasteiger partial charge >= 0.3 is 6.18 Å². The van der Waals surface area contributed by atoms with Crippen molar-refractivity contribution in [3.8, 4) is 11.3 Å². The average molecular weight is 402 g/mol. The highest BCUT2D eigenvalue weighted by Gasteiger charge is 2.36. The molecule has 30 heavy (non-hydrogen) atoms. The van der Waals surface area contributed by atoms with Crippen molar-refractivity contribution in [2.75, 3.05) is 0 Å². The molecule has 0 saturated carbocycles. The maximum absolute atomic E-state index is 14.4. The highest BCUT2D eigenvalue weighted by atomic mass is 19.4. The number of benzene rings is 4. The van der Waals surface area contributed by atoms with Crippen molar-refractivity contribution in [2.24, 2.45) is 0 Å². The van der Waals surface area contributed by atoms with Crippen molar-refractivity contribution in [3.05, 3.63) is 83.7 Å². The maximum atomic E-state index is 14.4. The molecule has 0 N–H and O–H groups in total. The van der Waals surface area contributed by atoms with Gasteiger partial charge in [0, 0.05) is 16.3 Å². The van der Waals surface area contributed by atoms with Gasteiger partial charge in [0.1, 0.15) is 6.33 Å². The van der Waals surface area contributed by atoms with Gasteiger partial charge in [0.15, 0.2) is 0 Å². The molecule has 1 aromatic heterocycles. The van der Waals surface area contributed by atoms with Gasteiger partial charge in [-0.1, -0.05) is 53.6 Å². The van der Waals surface area contributed by atoms with E-state index in [2.05, 4.69) is 9.97 Å². The summed E-state index contributed by atoms with van der Waals surface area (Å²) in [5.41, 5.74) is 2.56. The Balaban J connectivity index is 1.99. The summed E-state index contributed by atoms with van der Waals surface area (Å²) in [6, 6.07) is 18.4. The van der Waals surface area contributed by atoms with E-state index in [1.807, 2.05) is 50.2 Å². The van der Waals surface area contributed by atoms with Gasteiger partial charge in [-0.05, 0) is 48.2 Å². The highest BCUT2D eigenvalue weighted by molar-refractivity contribution is 6.15. The predicted octanol–water partition coefficient (Wildman–Crippen LogP) is 7.24. The van der Waals surface area contributed by atoms with Crippen LogP contribution in [0.2, 0.25) is 0 Å². The highest BCUT2D eigenvalue weighted by Crippen LogP contribution is 2.43. The van der Waals surface area contributed by atoms with Gasteiger partial charge in [-0.2, -0.15) is 13.2 Å². The fourth-order valence-electron chi connectivity index (χ4n) is 4.31. The number of hydrogen-bond acceptors (Lipinski definition) is 2. The molecule has 0 aliphatic heterocycles. The Morgan fingerprint density at radius 3 is 2.17 bits per heavy atom. The number of hydrogen-bond donors (Lipinski definition) is 0. The average Bonchev–Trinajstić information content (AvgIpc) is 2.70. The van der Waals surface area contributed by atoms with Crippen LogP contribution in [0.1, 0.15) is 16.7 Å². The zero-order chi connectivity index (χ0) is 21.0. The molecule has 0 amide bonds. The second-order valence-electron chi connectivity index (χ2n) is 7.63. The number of aromatic nitrogens is 2. The van der Waals surface area contributed by atoms with Gasteiger partial charge in [0.25, 0.3) is 0 Å². The lowest BCUT2D eigenvalue weighted by Crippen LogP contribution is -2.09. The van der Waals surface area contributed by atoms with E-state index in [0.717, 1.165) is 22.1 Å². The van der Waals surface area contributed by atoms with Gasteiger partial charge in [-0.25, -0.2) is 9.97 Å². The Hall–Kier alpha value is -3.47. The quantitative estimate of drug-likeness (QED) is 0.218. The number of aryl methyl sites for hydroxylation is 2. The molecule has 0 spiro atoms. The van der Waals surface area contributed by atoms with Crippen LogP contribution < -0.4 is 0 Å². The molecule has 1 heterocycles. The monoisotopic (exact) mass is 402 g/mol. The van der Waals surface area contributed by atoms with Crippen molar-refractivity contribution >= 4 is 32.4 Å². The summed E-state index contributed by atoms with van der Waals surface area (Å²) in [5, 5.41) is 2.43. The summed E-state index contributed by atoms with van der Waals surface area (Å²) in [7, 11) is 0. The number of rotatable bonds is 1. The van der Waals surface area contributed by atoms with E-state index in [0.29, 0.717) is 21.9 Å². The SMILES string of the molecule is Cc1cc(C)cc(-c2ncnc3c(C(F)(F)F)c4c(ccc5ccccc54)cc23)c1. The summed E-state index contributed by atoms with van der Waals surface area (Å²) in [4.78, 5) is 8.48. The van der Waals surface area contributed by atoms with Crippen LogP contribution in [0, 0.1) is 13.8 Å². The molecule has 5 heteroatoms. The third kappa shape index (κ3) is 2.89. The van der Waals surface area contributed by atoms with Crippen LogP contribution in [0.5, 0.6) is 0 Å². The van der Waals surface area contributed by atoms with E-state index in [9.17, 15) is 13.2 Å². The fourth-order valence-corrected chi connectivity index (χ4v) is 4.31. The molecule has 5 rings (SSSR count). The third-order valence-electron chi connectivity index (χ3n) is 5.41. The van der Waals surface area contributed by atoms with Crippen LogP contribution in [0.15, 0.2) is 67.0 Å². The van der Waals surface area contributed by atoms with Crippen molar-refractivity contribution in [2.45, 2.75) is 20.0 Å². The van der Waals surface area contributed by atoms with E-state index < -0.39 is 11.7 Å². The fraction of sp³-hybridized carbons (Fsp3) is 0.120. The van der Waals surface area contributed by atoms with Crippen LogP contribution in [0.25, 0.3) is 43.7 Å². The molecular weight excluding hydrogens is 385 g/mol. The minimum Gasteiger partial charge on any atom is -0.236 e. The molecule has 0 fully saturated rings. The Bertz CT molecular complexity index is 1430. The van der Waals surface area contributed by atoms with Gasteiger partial charge < -0.3 is 0 Å². The molecule has 0 atom stereocenters. The second-order valence-corrected chi connectivity index (χ2v) is 7.63. The van der Waals surface area contributed by atoms with E-state index in [1.165, 1.54) is 6.33 Å². The van der Waals surface area contributed by atoms with Crippen LogP contribution in [-0.2, 0) is 6.18 Å². The van der Waals surface area contributed by atoms with Crippen LogP contribution in [0.3, 0.4) is 0 Å². The van der Waals surface area contributed by atoms with Crippen molar-refractivity contribution in [1.82, 2.24) is 9.97 Å². The van der Waals surface area contributed by atoms with Gasteiger partial charge in [0.05, 0.1) is 16.8 Å². The van der Waals surface area contributed by atoms with Crippen LogP contribution in [0.4, 0.5) is 13.2 Å². The number of fused-ring (bicyclic) bond motifs is 4. The predicted molar refractivity (Wildman–Crippen MR) is 114 cm³/mol. The zero-order valence-corrected chi connectivity index (χ0v) is 16.4. The minimum atomic E-state index is -4.56. The molecule has 0 aliphatic rings. The van der Waals surface area contributed by atoms with Crippen molar-refractivity contribution < 1.29 is 13.2 Å². The van der Waals surface area contributed by atoms with E-state index in [4.69, 9.17) is 0 Å². The van der Waals surface area contributed by atoms with E-state index in [-0.39, 0.29) is 10.9 Å². The molecule has 2 nitrogen and oxygen atoms in total. The van der Waals surface area contributed by atoms with Gasteiger partial charge in [-0.15, -0.1) is 0 Å². The van der Waals surface area contributed by atoms with Crippen LogP contribution >= 0.6 is 0 Å². The lowest BCUT2D eigenvalue weighted by atomic mass is 9.93. The molecule has 5 aromatic rings. The smallest absolute Gasteiger partial charge is 0.236 e. The summed E-state index contributed by atoms with van der Waals surface area (Å²) in [5.74, 6) is 0. The number of alkyl halides is 3. The Morgan fingerprint density at radius 1 is 0.733 bits per heavy atom. The summed E-state index contributed by atoms with van der Waals surface area (Å²) in [6.45, 7) is 3.92. The first kappa shape index (κ1) is 18.6. The summed E-state index contributed by atoms with van der Waals surface area (Å²) >= 11 is 0. The normalized spacial score (nSPS) is 12.2. The number of halogens is 3. The first-order chi connectivity index (χ1) is 14.3. The molecule has 148 valence electrons. The number of nitrogens with zero attached hydrogens (tertiary/aromatic N) is 2. The first-order valence-corrected chi connectivity index (χ1v) is 9.58. The lowest BCUT2D eigenvalue weighted by molar-refractivity contribution is -0.135.